The Morgan fingerprint density at radius 3 is 2.49 bits per heavy atom. The Kier molecular flexibility index (Phi) is 10.1. The second-order valence-electron chi connectivity index (χ2n) is 22.9. The number of phenolic OH excluding ortho intramolecular Hbond substituents is 2. The van der Waals surface area contributed by atoms with Crippen LogP contribution >= 0.6 is 0 Å². The van der Waals surface area contributed by atoms with Crippen molar-refractivity contribution in [1.29, 1.82) is 0 Å². The maximum atomic E-state index is 12.8. The fourth-order valence-corrected chi connectivity index (χ4v) is 18.0. The summed E-state index contributed by atoms with van der Waals surface area (Å²) in [5, 5.41) is 79.4. The molecule has 2 aromatic rings. The molecule has 0 aromatic heterocycles. The predicted molar refractivity (Wildman–Crippen MR) is 241 cm³/mol. The first-order valence-electron chi connectivity index (χ1n) is 25.0. The highest BCUT2D eigenvalue weighted by Gasteiger charge is 2.77. The number of hydrogen-bond acceptors (Lipinski definition) is 14. The zero-order valence-corrected chi connectivity index (χ0v) is 38.6. The van der Waals surface area contributed by atoms with Gasteiger partial charge in [-0.25, -0.2) is 4.79 Å². The number of ketones is 1. The van der Waals surface area contributed by atoms with Crippen molar-refractivity contribution in [2.75, 3.05) is 33.0 Å². The van der Waals surface area contributed by atoms with E-state index in [1.54, 1.807) is 0 Å². The van der Waals surface area contributed by atoms with Crippen molar-refractivity contribution in [3.63, 3.8) is 0 Å². The molecule has 3 saturated heterocycles. The number of carboxylic acids is 1. The Balaban J connectivity index is 0.950. The predicted octanol–water partition coefficient (Wildman–Crippen LogP) is 5.24. The molecule has 8 fully saturated rings. The molecule has 0 unspecified atom stereocenters. The molecule has 0 radical (unpaired) electrons. The average molecular weight is 927 g/mol. The molecular formula is C52H66N2O13. The fraction of sp³-hybridized carbons (Fsp3) is 0.692. The van der Waals surface area contributed by atoms with Gasteiger partial charge in [-0.05, 0) is 148 Å². The number of allylic oxidation sites excluding steroid dienone is 1. The summed E-state index contributed by atoms with van der Waals surface area (Å²) in [6.07, 6.45) is 11.5. The van der Waals surface area contributed by atoms with Gasteiger partial charge in [0.2, 0.25) is 6.29 Å². The number of carboxylic acid groups (broad SMARTS) is 1. The molecule has 2 aromatic carbocycles. The smallest absolute Gasteiger partial charge is 0.335 e. The molecule has 12 rings (SSSR count). The van der Waals surface area contributed by atoms with Gasteiger partial charge in [0.15, 0.2) is 5.78 Å². The summed E-state index contributed by atoms with van der Waals surface area (Å²) in [7, 11) is 0. The van der Waals surface area contributed by atoms with Crippen molar-refractivity contribution in [2.24, 2.45) is 39.4 Å². The van der Waals surface area contributed by atoms with E-state index in [-0.39, 0.29) is 92.9 Å². The molecule has 13 atom stereocenters. The highest BCUT2D eigenvalue weighted by Crippen LogP contribution is 2.78. The van der Waals surface area contributed by atoms with E-state index in [0.717, 1.165) is 43.4 Å². The normalized spacial score (nSPS) is 42.2. The number of Topliss-reactive ketones (excluding diaryl/α,β-unsaturated/α-hetero) is 1. The van der Waals surface area contributed by atoms with Gasteiger partial charge in [0, 0.05) is 47.1 Å². The third-order valence-electron chi connectivity index (χ3n) is 20.2. The molecular weight excluding hydrogens is 861 g/mol. The Bertz CT molecular complexity index is 2510. The molecule has 5 spiro atoms. The van der Waals surface area contributed by atoms with Crippen LogP contribution in [0.5, 0.6) is 17.2 Å². The van der Waals surface area contributed by atoms with E-state index < -0.39 is 65.6 Å². The van der Waals surface area contributed by atoms with Crippen LogP contribution in [0.4, 0.5) is 0 Å². The van der Waals surface area contributed by atoms with Gasteiger partial charge >= 0.3 is 5.97 Å². The molecule has 2 bridgehead atoms. The van der Waals surface area contributed by atoms with Gasteiger partial charge in [0.1, 0.15) is 41.2 Å². The maximum absolute atomic E-state index is 12.8. The van der Waals surface area contributed by atoms with Crippen LogP contribution in [0.1, 0.15) is 130 Å². The van der Waals surface area contributed by atoms with Crippen molar-refractivity contribution in [1.82, 2.24) is 10.9 Å². The molecule has 15 nitrogen and oxygen atoms in total. The molecule has 4 aliphatic heterocycles. The van der Waals surface area contributed by atoms with Gasteiger partial charge in [-0.3, -0.25) is 15.6 Å². The lowest BCUT2D eigenvalue weighted by Crippen LogP contribution is -2.81. The molecule has 4 heterocycles. The molecule has 6 aliphatic carbocycles. The SMILES string of the molecule is CC(=O)c1c(C)c(O)c2cc(C(=O)O)cc(O[C@@H]3O[C@H](CO)[C@]4(C[C@@H]5C6=C(CC=C6[C@@]6(CCCO)COC[C@@H]7C[C@@]89C[C@]5(NN[C@H]8C[C@@]5(CCCC58CCCC8)C9)[C@@H]76)CO4)[C@H](O)[C@H]3O)c2c1O. The molecule has 10 aliphatic rings. The van der Waals surface area contributed by atoms with Gasteiger partial charge in [-0.15, -0.1) is 0 Å². The summed E-state index contributed by atoms with van der Waals surface area (Å²) in [5.74, 6) is -3.15. The van der Waals surface area contributed by atoms with Gasteiger partial charge in [-0.2, -0.15) is 0 Å². The van der Waals surface area contributed by atoms with E-state index in [1.165, 1.54) is 76.4 Å². The number of hydrazine groups is 1. The summed E-state index contributed by atoms with van der Waals surface area (Å²) in [5.41, 5.74) is 9.36. The Morgan fingerprint density at radius 2 is 1.75 bits per heavy atom. The standard InChI is InChI=1S/C52H66N2O13/c1-26-37(27(2)57)41(59)39-31(40(26)58)15-29(45(62)63)16-34(39)66-46-42(60)44(61)52(36(20-56)67-46)18-33-38-28(22-65-52)7-8-32(38)50(13-6-14-55)25-64-21-30-17-47-23-49(12-5-11-48(49)9-3-4-10-48)19-35(47)53-54-51(33,24-47)43(30)50/h8,15-16,30,33,35-36,42-44,46,53-56,58-61H,3-7,9-14,17-25H2,1-2H3,(H,62,63)/t30-,33+,35-,36+,42+,43-,44+,46+,47+,49-,50+,51+,52+/m0/s1. The summed E-state index contributed by atoms with van der Waals surface area (Å²) >= 11 is 0. The number of aromatic hydroxyl groups is 2. The second-order valence-corrected chi connectivity index (χ2v) is 22.9. The zero-order valence-electron chi connectivity index (χ0n) is 38.6. The lowest BCUT2D eigenvalue weighted by Gasteiger charge is -2.72. The quantitative estimate of drug-likeness (QED) is 0.122. The fourth-order valence-electron chi connectivity index (χ4n) is 18.0. The number of hydrogen-bond donors (Lipinski definition) is 9. The zero-order chi connectivity index (χ0) is 46.6. The number of phenols is 2. The van der Waals surface area contributed by atoms with Crippen LogP contribution in [-0.2, 0) is 14.2 Å². The lowest BCUT2D eigenvalue weighted by atomic mass is 9.39. The number of carbonyl (C=O) groups is 2. The number of carbonyl (C=O) groups excluding carboxylic acids is 1. The second kappa shape index (κ2) is 15.2. The molecule has 362 valence electrons. The first-order chi connectivity index (χ1) is 32.1. The Morgan fingerprint density at radius 1 is 0.970 bits per heavy atom. The summed E-state index contributed by atoms with van der Waals surface area (Å²) < 4.78 is 26.6. The first kappa shape index (κ1) is 44.6. The number of fused-ring (bicyclic) bond motifs is 3. The minimum Gasteiger partial charge on any atom is -0.507 e. The molecule has 5 saturated carbocycles. The highest BCUT2D eigenvalue weighted by molar-refractivity contribution is 6.11. The van der Waals surface area contributed by atoms with Crippen LogP contribution in [0.3, 0.4) is 0 Å². The molecule has 0 amide bonds. The van der Waals surface area contributed by atoms with E-state index in [0.29, 0.717) is 31.5 Å². The van der Waals surface area contributed by atoms with Gasteiger partial charge < -0.3 is 54.7 Å². The van der Waals surface area contributed by atoms with Crippen LogP contribution < -0.4 is 15.6 Å². The van der Waals surface area contributed by atoms with Gasteiger partial charge in [0.05, 0.1) is 36.3 Å². The van der Waals surface area contributed by atoms with Gasteiger partial charge in [0.25, 0.3) is 0 Å². The summed E-state index contributed by atoms with van der Waals surface area (Å²) in [6, 6.07) is 2.55. The first-order valence-corrected chi connectivity index (χ1v) is 25.0. The van der Waals surface area contributed by atoms with Crippen molar-refractivity contribution in [3.8, 4) is 17.2 Å². The Hall–Kier alpha value is -3.64. The van der Waals surface area contributed by atoms with E-state index >= 15 is 0 Å². The number of nitrogens with one attached hydrogen (secondary N) is 2. The molecule has 67 heavy (non-hydrogen) atoms. The maximum Gasteiger partial charge on any atom is 0.335 e. The topological polar surface area (TPSA) is 237 Å². The number of aliphatic hydroxyl groups excluding tert-OH is 4. The number of aromatic carboxylic acids is 1. The third-order valence-corrected chi connectivity index (χ3v) is 20.2. The van der Waals surface area contributed by atoms with Crippen molar-refractivity contribution < 1.29 is 64.3 Å². The van der Waals surface area contributed by atoms with Crippen LogP contribution in [0.25, 0.3) is 10.8 Å². The summed E-state index contributed by atoms with van der Waals surface area (Å²) in [6.45, 7) is 3.41. The van der Waals surface area contributed by atoms with Crippen molar-refractivity contribution in [2.45, 2.75) is 152 Å². The minimum atomic E-state index is -1.82. The third kappa shape index (κ3) is 5.77. The van der Waals surface area contributed by atoms with E-state index in [1.807, 2.05) is 0 Å². The number of rotatable bonds is 8. The minimum absolute atomic E-state index is 0.0127. The van der Waals surface area contributed by atoms with E-state index in [9.17, 15) is 45.3 Å². The average Bonchev–Trinajstić information content (AvgIpc) is 4.09. The summed E-state index contributed by atoms with van der Waals surface area (Å²) in [4.78, 5) is 25.1. The Labute approximate surface area is 389 Å². The number of aliphatic hydroxyl groups is 4. The van der Waals surface area contributed by atoms with Crippen molar-refractivity contribution >= 4 is 22.5 Å². The lowest BCUT2D eigenvalue weighted by molar-refractivity contribution is -0.327. The monoisotopic (exact) mass is 926 g/mol. The van der Waals surface area contributed by atoms with Crippen LogP contribution in [-0.4, -0.2) is 122 Å². The van der Waals surface area contributed by atoms with E-state index in [4.69, 9.17) is 18.9 Å². The van der Waals surface area contributed by atoms with Crippen LogP contribution in [0.15, 0.2) is 34.9 Å². The number of benzene rings is 2. The van der Waals surface area contributed by atoms with Crippen LogP contribution in [0.2, 0.25) is 0 Å². The van der Waals surface area contributed by atoms with E-state index in [2.05, 4.69) is 16.9 Å². The van der Waals surface area contributed by atoms with Crippen LogP contribution in [0, 0.1) is 46.3 Å². The molecule has 9 N–H and O–H groups in total. The van der Waals surface area contributed by atoms with Gasteiger partial charge in [-0.1, -0.05) is 25.3 Å². The molecule has 15 heteroatoms. The largest absolute Gasteiger partial charge is 0.507 e. The highest BCUT2D eigenvalue weighted by atomic mass is 16.7. The number of ether oxygens (including phenoxy) is 4. The van der Waals surface area contributed by atoms with Crippen molar-refractivity contribution in [3.05, 3.63) is 51.6 Å².